The summed E-state index contributed by atoms with van der Waals surface area (Å²) in [5.41, 5.74) is 1.44. The van der Waals surface area contributed by atoms with Crippen LogP contribution in [-0.2, 0) is 21.7 Å². The van der Waals surface area contributed by atoms with Crippen LogP contribution in [0.25, 0.3) is 0 Å². The zero-order valence-corrected chi connectivity index (χ0v) is 18.1. The van der Waals surface area contributed by atoms with Crippen LogP contribution in [0.1, 0.15) is 32.7 Å². The molecule has 0 unspecified atom stereocenters. The molecule has 28 heavy (non-hydrogen) atoms. The number of aryl methyl sites for hydroxylation is 3. The fourth-order valence-electron chi connectivity index (χ4n) is 3.08. The van der Waals surface area contributed by atoms with Crippen LogP contribution in [0.5, 0.6) is 5.88 Å². The second kappa shape index (κ2) is 7.92. The number of amides is 1. The summed E-state index contributed by atoms with van der Waals surface area (Å²) in [5.74, 6) is -0.696. The molecule has 1 amide bonds. The number of ether oxygens (including phenoxy) is 1. The van der Waals surface area contributed by atoms with Gasteiger partial charge < -0.3 is 10.1 Å². The molecule has 1 aromatic carbocycles. The van der Waals surface area contributed by atoms with Gasteiger partial charge >= 0.3 is 0 Å². The number of likely N-dealkylation sites (N-methyl/N-ethyl adjacent to an activating group) is 1. The van der Waals surface area contributed by atoms with Crippen LogP contribution in [0.15, 0.2) is 11.0 Å². The van der Waals surface area contributed by atoms with Crippen molar-refractivity contribution in [1.29, 1.82) is 0 Å². The first-order valence-corrected chi connectivity index (χ1v) is 10.6. The van der Waals surface area contributed by atoms with Gasteiger partial charge in [0.1, 0.15) is 5.56 Å². The number of benzene rings is 1. The second-order valence-corrected chi connectivity index (χ2v) is 8.79. The summed E-state index contributed by atoms with van der Waals surface area (Å²) in [6.45, 7) is 4.52. The van der Waals surface area contributed by atoms with Gasteiger partial charge in [-0.25, -0.2) is 13.1 Å². The van der Waals surface area contributed by atoms with E-state index in [4.69, 9.17) is 16.3 Å². The number of nitrogens with one attached hydrogen (secondary N) is 1. The van der Waals surface area contributed by atoms with E-state index in [0.717, 1.165) is 6.26 Å². The van der Waals surface area contributed by atoms with Crippen molar-refractivity contribution >= 4 is 33.1 Å². The van der Waals surface area contributed by atoms with Crippen LogP contribution in [0.3, 0.4) is 0 Å². The first-order chi connectivity index (χ1) is 12.9. The molecule has 152 valence electrons. The lowest BCUT2D eigenvalue weighted by Crippen LogP contribution is -2.25. The number of carbonyl (C=O) groups excluding carboxylic acids is 2. The molecule has 0 saturated heterocycles. The topological polar surface area (TPSA) is 107 Å². The molecule has 0 aliphatic heterocycles. The predicted octanol–water partition coefficient (Wildman–Crippen LogP) is 1.76. The third-order valence-electron chi connectivity index (χ3n) is 4.26. The summed E-state index contributed by atoms with van der Waals surface area (Å²) < 4.78 is 31.0. The molecular weight excluding hydrogens is 406 g/mol. The Labute approximate surface area is 168 Å². The van der Waals surface area contributed by atoms with E-state index in [1.807, 2.05) is 0 Å². The van der Waals surface area contributed by atoms with Crippen LogP contribution < -0.4 is 10.1 Å². The summed E-state index contributed by atoms with van der Waals surface area (Å²) in [7, 11) is -0.444. The minimum absolute atomic E-state index is 0.0523. The van der Waals surface area contributed by atoms with Gasteiger partial charge in [0.2, 0.25) is 11.7 Å². The lowest BCUT2D eigenvalue weighted by atomic mass is 9.99. The molecule has 0 aliphatic carbocycles. The quantitative estimate of drug-likeness (QED) is 0.704. The molecule has 1 N–H and O–H groups in total. The molecule has 0 saturated carbocycles. The first kappa shape index (κ1) is 21.9. The predicted molar refractivity (Wildman–Crippen MR) is 105 cm³/mol. The summed E-state index contributed by atoms with van der Waals surface area (Å²) >= 11 is 6.37. The highest BCUT2D eigenvalue weighted by Gasteiger charge is 2.28. The van der Waals surface area contributed by atoms with Gasteiger partial charge in [-0.3, -0.25) is 9.59 Å². The van der Waals surface area contributed by atoms with Crippen molar-refractivity contribution in [3.8, 4) is 5.88 Å². The van der Waals surface area contributed by atoms with E-state index in [9.17, 15) is 18.0 Å². The van der Waals surface area contributed by atoms with Gasteiger partial charge in [0.25, 0.3) is 5.91 Å². The van der Waals surface area contributed by atoms with Crippen molar-refractivity contribution in [3.05, 3.63) is 39.0 Å². The second-order valence-electron chi connectivity index (χ2n) is 6.46. The average Bonchev–Trinajstić information content (AvgIpc) is 2.87. The number of hydrogen-bond donors (Lipinski definition) is 1. The Morgan fingerprint density at radius 3 is 2.43 bits per heavy atom. The van der Waals surface area contributed by atoms with E-state index >= 15 is 0 Å². The van der Waals surface area contributed by atoms with E-state index < -0.39 is 15.6 Å². The standard InChI is InChI=1S/C18H22ClN3O5S/c1-9-7-12(15(19)10(2)17(9)28(6,25)26)16(24)14-11(3)21-22(5)18(14)27-8-13(23)20-4/h7H,8H2,1-6H3,(H,20,23). The van der Waals surface area contributed by atoms with E-state index in [-0.39, 0.29) is 39.4 Å². The Balaban J connectivity index is 2.61. The van der Waals surface area contributed by atoms with Gasteiger partial charge in [-0.2, -0.15) is 5.10 Å². The fraction of sp³-hybridized carbons (Fsp3) is 0.389. The third-order valence-corrected chi connectivity index (χ3v) is 6.11. The molecule has 0 bridgehead atoms. The smallest absolute Gasteiger partial charge is 0.257 e. The van der Waals surface area contributed by atoms with E-state index in [1.165, 1.54) is 17.8 Å². The number of nitrogens with zero attached hydrogens (tertiary/aromatic N) is 2. The van der Waals surface area contributed by atoms with Gasteiger partial charge in [-0.05, 0) is 38.0 Å². The Kier molecular flexibility index (Phi) is 6.20. The van der Waals surface area contributed by atoms with Crippen LogP contribution in [-0.4, -0.2) is 49.8 Å². The summed E-state index contributed by atoms with van der Waals surface area (Å²) in [6, 6.07) is 1.45. The summed E-state index contributed by atoms with van der Waals surface area (Å²) in [4.78, 5) is 24.8. The summed E-state index contributed by atoms with van der Waals surface area (Å²) in [6.07, 6.45) is 1.09. The largest absolute Gasteiger partial charge is 0.467 e. The number of aromatic nitrogens is 2. The first-order valence-electron chi connectivity index (χ1n) is 8.31. The SMILES string of the molecule is CNC(=O)COc1c(C(=O)c2cc(C)c(S(C)(=O)=O)c(C)c2Cl)c(C)nn1C. The van der Waals surface area contributed by atoms with Gasteiger partial charge in [-0.1, -0.05) is 11.6 Å². The van der Waals surface area contributed by atoms with E-state index in [0.29, 0.717) is 16.8 Å². The molecule has 0 fully saturated rings. The number of sulfone groups is 1. The maximum absolute atomic E-state index is 13.2. The number of carbonyl (C=O) groups is 2. The zero-order chi connectivity index (χ0) is 21.4. The van der Waals surface area contributed by atoms with Crippen LogP contribution in [0.2, 0.25) is 5.02 Å². The van der Waals surface area contributed by atoms with Crippen molar-refractivity contribution < 1.29 is 22.7 Å². The normalized spacial score (nSPS) is 11.4. The Hall–Kier alpha value is -2.39. The van der Waals surface area contributed by atoms with Crippen molar-refractivity contribution in [2.75, 3.05) is 19.9 Å². The zero-order valence-electron chi connectivity index (χ0n) is 16.5. The molecule has 0 aliphatic rings. The highest BCUT2D eigenvalue weighted by Crippen LogP contribution is 2.34. The minimum atomic E-state index is -3.51. The number of halogens is 1. The molecule has 1 heterocycles. The van der Waals surface area contributed by atoms with E-state index in [1.54, 1.807) is 27.8 Å². The maximum atomic E-state index is 13.2. The highest BCUT2D eigenvalue weighted by molar-refractivity contribution is 7.90. The molecule has 0 atom stereocenters. The lowest BCUT2D eigenvalue weighted by Gasteiger charge is -2.14. The highest BCUT2D eigenvalue weighted by atomic mass is 35.5. The van der Waals surface area contributed by atoms with Crippen molar-refractivity contribution in [1.82, 2.24) is 15.1 Å². The minimum Gasteiger partial charge on any atom is -0.467 e. The monoisotopic (exact) mass is 427 g/mol. The van der Waals surface area contributed by atoms with E-state index in [2.05, 4.69) is 10.4 Å². The summed E-state index contributed by atoms with van der Waals surface area (Å²) in [5, 5.41) is 6.67. The van der Waals surface area contributed by atoms with Gasteiger partial charge in [0.15, 0.2) is 16.4 Å². The molecule has 2 rings (SSSR count). The molecule has 8 nitrogen and oxygen atoms in total. The Morgan fingerprint density at radius 1 is 1.29 bits per heavy atom. The fourth-order valence-corrected chi connectivity index (χ4v) is 4.68. The molecule has 0 spiro atoms. The third kappa shape index (κ3) is 4.05. The maximum Gasteiger partial charge on any atom is 0.257 e. The molecule has 2 aromatic rings. The van der Waals surface area contributed by atoms with Crippen molar-refractivity contribution in [2.24, 2.45) is 7.05 Å². The average molecular weight is 428 g/mol. The molecule has 0 radical (unpaired) electrons. The van der Waals surface area contributed by atoms with Gasteiger partial charge in [0.05, 0.1) is 15.6 Å². The number of rotatable bonds is 6. The lowest BCUT2D eigenvalue weighted by molar-refractivity contribution is -0.122. The molecule has 10 heteroatoms. The number of hydrogen-bond acceptors (Lipinski definition) is 6. The van der Waals surface area contributed by atoms with Crippen molar-refractivity contribution in [3.63, 3.8) is 0 Å². The van der Waals surface area contributed by atoms with Crippen LogP contribution in [0.4, 0.5) is 0 Å². The van der Waals surface area contributed by atoms with Gasteiger partial charge in [0, 0.05) is 25.9 Å². The Bertz CT molecular complexity index is 1070. The Morgan fingerprint density at radius 2 is 1.89 bits per heavy atom. The molecule has 1 aromatic heterocycles. The van der Waals surface area contributed by atoms with Crippen molar-refractivity contribution in [2.45, 2.75) is 25.7 Å². The molecular formula is C18H22ClN3O5S. The van der Waals surface area contributed by atoms with Crippen LogP contribution >= 0.6 is 11.6 Å². The van der Waals surface area contributed by atoms with Crippen LogP contribution in [0, 0.1) is 20.8 Å². The number of ketones is 1. The van der Waals surface area contributed by atoms with Gasteiger partial charge in [-0.15, -0.1) is 0 Å².